The Hall–Kier alpha value is -2.95. The van der Waals surface area contributed by atoms with Crippen molar-refractivity contribution >= 4 is 17.3 Å². The van der Waals surface area contributed by atoms with Crippen LogP contribution in [0.5, 0.6) is 11.5 Å². The summed E-state index contributed by atoms with van der Waals surface area (Å²) in [5.41, 5.74) is 6.81. The number of hydrogen-bond acceptors (Lipinski definition) is 4. The van der Waals surface area contributed by atoms with Gasteiger partial charge in [0.15, 0.2) is 11.5 Å². The molecule has 0 atom stereocenters. The normalized spacial score (nSPS) is 16.0. The number of amides is 1. The van der Waals surface area contributed by atoms with Crippen molar-refractivity contribution in [1.29, 1.82) is 0 Å². The molecule has 154 valence electrons. The van der Waals surface area contributed by atoms with E-state index in [2.05, 4.69) is 43.5 Å². The van der Waals surface area contributed by atoms with Crippen LogP contribution in [0, 0.1) is 20.8 Å². The number of hydrogen-bond donors (Lipinski definition) is 2. The summed E-state index contributed by atoms with van der Waals surface area (Å²) in [6, 6.07) is 8.07. The van der Waals surface area contributed by atoms with Crippen molar-refractivity contribution in [3.63, 3.8) is 0 Å². The molecule has 1 aliphatic heterocycles. The minimum Gasteiger partial charge on any atom is -0.493 e. The predicted octanol–water partition coefficient (Wildman–Crippen LogP) is 4.53. The van der Waals surface area contributed by atoms with Crippen LogP contribution in [0.25, 0.3) is 5.70 Å². The number of carbonyl (C=O) groups is 1. The third-order valence-corrected chi connectivity index (χ3v) is 5.21. The lowest BCUT2D eigenvalue weighted by Crippen LogP contribution is -2.44. The molecule has 1 heterocycles. The van der Waals surface area contributed by atoms with Crippen LogP contribution in [0.2, 0.25) is 0 Å². The second-order valence-corrected chi connectivity index (χ2v) is 8.37. The molecule has 5 heteroatoms. The van der Waals surface area contributed by atoms with Crippen LogP contribution in [0.15, 0.2) is 30.3 Å². The third kappa shape index (κ3) is 4.39. The van der Waals surface area contributed by atoms with Gasteiger partial charge in [0.25, 0.3) is 0 Å². The van der Waals surface area contributed by atoms with Crippen LogP contribution in [-0.2, 0) is 11.2 Å². The van der Waals surface area contributed by atoms with Crippen molar-refractivity contribution in [3.05, 3.63) is 58.2 Å². The average Bonchev–Trinajstić information content (AvgIpc) is 2.62. The number of ether oxygens (including phenoxy) is 2. The topological polar surface area (TPSA) is 59.6 Å². The van der Waals surface area contributed by atoms with E-state index in [1.165, 1.54) is 5.56 Å². The van der Waals surface area contributed by atoms with Gasteiger partial charge in [-0.1, -0.05) is 17.7 Å². The predicted molar refractivity (Wildman–Crippen MR) is 118 cm³/mol. The zero-order chi connectivity index (χ0) is 21.3. The highest BCUT2D eigenvalue weighted by Crippen LogP contribution is 2.38. The summed E-state index contributed by atoms with van der Waals surface area (Å²) >= 11 is 0. The molecule has 0 aliphatic carbocycles. The molecule has 0 unspecified atom stereocenters. The highest BCUT2D eigenvalue weighted by atomic mass is 16.5. The molecule has 0 saturated heterocycles. The van der Waals surface area contributed by atoms with Gasteiger partial charge < -0.3 is 20.1 Å². The average molecular weight is 395 g/mol. The van der Waals surface area contributed by atoms with E-state index >= 15 is 0 Å². The van der Waals surface area contributed by atoms with E-state index in [-0.39, 0.29) is 11.4 Å². The molecule has 29 heavy (non-hydrogen) atoms. The van der Waals surface area contributed by atoms with E-state index in [1.54, 1.807) is 20.3 Å². The molecular weight excluding hydrogens is 364 g/mol. The summed E-state index contributed by atoms with van der Waals surface area (Å²) in [6.07, 6.45) is 2.45. The maximum absolute atomic E-state index is 12.9. The van der Waals surface area contributed by atoms with Crippen LogP contribution in [0.3, 0.4) is 0 Å². The molecular formula is C24H30N2O3. The van der Waals surface area contributed by atoms with Crippen LogP contribution >= 0.6 is 0 Å². The first kappa shape index (κ1) is 20.8. The van der Waals surface area contributed by atoms with Gasteiger partial charge in [-0.2, -0.15) is 0 Å². The lowest BCUT2D eigenvalue weighted by atomic mass is 9.85. The van der Waals surface area contributed by atoms with Crippen molar-refractivity contribution in [2.24, 2.45) is 0 Å². The fourth-order valence-electron chi connectivity index (χ4n) is 4.05. The largest absolute Gasteiger partial charge is 0.493 e. The number of rotatable bonds is 4. The lowest BCUT2D eigenvalue weighted by Gasteiger charge is -2.36. The Balaban J connectivity index is 2.00. The first-order valence-electron chi connectivity index (χ1n) is 9.77. The molecule has 2 aromatic rings. The zero-order valence-corrected chi connectivity index (χ0v) is 18.3. The molecule has 2 aromatic carbocycles. The van der Waals surface area contributed by atoms with Crippen LogP contribution in [0.1, 0.15) is 41.7 Å². The Bertz CT molecular complexity index is 967. The number of fused-ring (bicyclic) bond motifs is 1. The van der Waals surface area contributed by atoms with Crippen molar-refractivity contribution in [1.82, 2.24) is 5.32 Å². The number of benzene rings is 2. The second-order valence-electron chi connectivity index (χ2n) is 8.37. The number of aryl methyl sites for hydroxylation is 3. The molecule has 0 radical (unpaired) electrons. The van der Waals surface area contributed by atoms with Crippen molar-refractivity contribution in [2.75, 3.05) is 19.5 Å². The number of carbonyl (C=O) groups excluding carboxylic acids is 1. The molecule has 3 rings (SSSR count). The van der Waals surface area contributed by atoms with Gasteiger partial charge in [0.05, 0.1) is 14.2 Å². The van der Waals surface area contributed by atoms with Crippen LogP contribution in [-0.4, -0.2) is 25.7 Å². The maximum Gasteiger partial charge on any atom is 0.250 e. The third-order valence-electron chi connectivity index (χ3n) is 5.21. The standard InChI is InChI=1S/C24H30N2O3/c1-14-8-15(2)23(16(3)9-14)25-22(27)12-19-18-11-21(29-7)20(28-6)10-17(18)13-24(4,5)26-19/h8-12,26H,13H2,1-7H3,(H,25,27)/b19-12-. The Kier molecular flexibility index (Phi) is 5.60. The van der Waals surface area contributed by atoms with Gasteiger partial charge in [0, 0.05) is 28.6 Å². The Morgan fingerprint density at radius 1 is 1.03 bits per heavy atom. The minimum absolute atomic E-state index is 0.166. The molecule has 0 spiro atoms. The molecule has 1 aliphatic rings. The minimum atomic E-state index is -0.186. The summed E-state index contributed by atoms with van der Waals surface area (Å²) in [4.78, 5) is 12.9. The Morgan fingerprint density at radius 3 is 2.21 bits per heavy atom. The number of anilines is 1. The maximum atomic E-state index is 12.9. The van der Waals surface area contributed by atoms with E-state index in [1.807, 2.05) is 26.0 Å². The van der Waals surface area contributed by atoms with E-state index in [9.17, 15) is 4.79 Å². The Labute approximate surface area is 173 Å². The zero-order valence-electron chi connectivity index (χ0n) is 18.3. The quantitative estimate of drug-likeness (QED) is 0.748. The molecule has 5 nitrogen and oxygen atoms in total. The molecule has 1 amide bonds. The van der Waals surface area contributed by atoms with Gasteiger partial charge in [0.1, 0.15) is 0 Å². The first-order valence-corrected chi connectivity index (χ1v) is 9.77. The lowest BCUT2D eigenvalue weighted by molar-refractivity contribution is -0.111. The smallest absolute Gasteiger partial charge is 0.250 e. The van der Waals surface area contributed by atoms with E-state index in [4.69, 9.17) is 9.47 Å². The SMILES string of the molecule is COc1cc2c(cc1OC)/C(=C/C(=O)Nc1c(C)cc(C)cc1C)NC(C)(C)C2. The highest BCUT2D eigenvalue weighted by Gasteiger charge is 2.29. The van der Waals surface area contributed by atoms with Crippen molar-refractivity contribution < 1.29 is 14.3 Å². The van der Waals surface area contributed by atoms with Gasteiger partial charge in [-0.3, -0.25) is 4.79 Å². The van der Waals surface area contributed by atoms with Crippen LogP contribution < -0.4 is 20.1 Å². The second kappa shape index (κ2) is 7.82. The van der Waals surface area contributed by atoms with Gasteiger partial charge in [-0.05, 0) is 69.9 Å². The van der Waals surface area contributed by atoms with Crippen LogP contribution in [0.4, 0.5) is 5.69 Å². The highest BCUT2D eigenvalue weighted by molar-refractivity contribution is 6.05. The van der Waals surface area contributed by atoms with Gasteiger partial charge in [0.2, 0.25) is 5.91 Å². The fraction of sp³-hybridized carbons (Fsp3) is 0.375. The molecule has 0 fully saturated rings. The molecule has 0 aromatic heterocycles. The summed E-state index contributed by atoms with van der Waals surface area (Å²) in [7, 11) is 3.25. The monoisotopic (exact) mass is 394 g/mol. The van der Waals surface area contributed by atoms with Crippen molar-refractivity contribution in [3.8, 4) is 11.5 Å². The van der Waals surface area contributed by atoms with Crippen molar-refractivity contribution in [2.45, 2.75) is 46.6 Å². The summed E-state index contributed by atoms with van der Waals surface area (Å²) in [5.74, 6) is 1.17. The fourth-order valence-corrected chi connectivity index (χ4v) is 4.05. The summed E-state index contributed by atoms with van der Waals surface area (Å²) < 4.78 is 10.9. The van der Waals surface area contributed by atoms with E-state index in [0.717, 1.165) is 40.1 Å². The number of methoxy groups -OCH3 is 2. The molecule has 2 N–H and O–H groups in total. The first-order chi connectivity index (χ1) is 13.6. The summed E-state index contributed by atoms with van der Waals surface area (Å²) in [6.45, 7) is 10.3. The number of nitrogens with one attached hydrogen (secondary N) is 2. The van der Waals surface area contributed by atoms with Gasteiger partial charge in [-0.25, -0.2) is 0 Å². The molecule has 0 saturated carbocycles. The van der Waals surface area contributed by atoms with E-state index in [0.29, 0.717) is 11.5 Å². The van der Waals surface area contributed by atoms with E-state index < -0.39 is 0 Å². The Morgan fingerprint density at radius 2 is 1.62 bits per heavy atom. The van der Waals surface area contributed by atoms with Gasteiger partial charge >= 0.3 is 0 Å². The summed E-state index contributed by atoms with van der Waals surface area (Å²) in [5, 5.41) is 6.55. The van der Waals surface area contributed by atoms with Gasteiger partial charge in [-0.15, -0.1) is 0 Å². The molecule has 0 bridgehead atoms.